The molecule has 1 fully saturated rings. The molecule has 17 heavy (non-hydrogen) atoms. The average molecular weight is 243 g/mol. The van der Waals surface area contributed by atoms with Crippen molar-refractivity contribution in [1.82, 2.24) is 15.5 Å². The van der Waals surface area contributed by atoms with Crippen molar-refractivity contribution in [3.05, 3.63) is 0 Å². The van der Waals surface area contributed by atoms with Crippen molar-refractivity contribution >= 4 is 11.8 Å². The number of amides is 2. The summed E-state index contributed by atoms with van der Waals surface area (Å²) in [5.74, 6) is -0.258. The van der Waals surface area contributed by atoms with Crippen molar-refractivity contribution in [2.24, 2.45) is 0 Å². The van der Waals surface area contributed by atoms with Crippen LogP contribution in [0.15, 0.2) is 0 Å². The zero-order valence-electron chi connectivity index (χ0n) is 10.8. The predicted molar refractivity (Wildman–Crippen MR) is 63.5 cm³/mol. The molecule has 3 unspecified atom stereocenters. The van der Waals surface area contributed by atoms with Crippen LogP contribution >= 0.6 is 0 Å². The highest BCUT2D eigenvalue weighted by molar-refractivity contribution is 5.89. The largest absolute Gasteiger partial charge is 0.380 e. The number of carbonyl (C=O) groups is 2. The molecule has 1 aliphatic heterocycles. The van der Waals surface area contributed by atoms with Gasteiger partial charge in [0.1, 0.15) is 6.04 Å². The van der Waals surface area contributed by atoms with Crippen LogP contribution in [0.3, 0.4) is 0 Å². The molecule has 1 saturated heterocycles. The smallest absolute Gasteiger partial charge is 0.244 e. The molecule has 1 rings (SSSR count). The van der Waals surface area contributed by atoms with Gasteiger partial charge in [-0.2, -0.15) is 0 Å². The summed E-state index contributed by atoms with van der Waals surface area (Å²) in [6, 6.07) is -0.766. The number of ether oxygens (including phenoxy) is 1. The maximum Gasteiger partial charge on any atom is 0.244 e. The number of methoxy groups -OCH3 is 1. The number of rotatable bonds is 4. The minimum atomic E-state index is -0.499. The van der Waals surface area contributed by atoms with Crippen LogP contribution in [0.2, 0.25) is 0 Å². The Labute approximate surface area is 102 Å². The van der Waals surface area contributed by atoms with Gasteiger partial charge in [0.2, 0.25) is 11.8 Å². The van der Waals surface area contributed by atoms with Crippen molar-refractivity contribution in [3.8, 4) is 0 Å². The summed E-state index contributed by atoms with van der Waals surface area (Å²) < 4.78 is 5.16. The first-order chi connectivity index (χ1) is 7.95. The van der Waals surface area contributed by atoms with Gasteiger partial charge in [0.15, 0.2) is 0 Å². The van der Waals surface area contributed by atoms with Crippen LogP contribution in [-0.4, -0.2) is 62.7 Å². The Balaban J connectivity index is 2.42. The topological polar surface area (TPSA) is 70.7 Å². The second-order valence-corrected chi connectivity index (χ2v) is 4.52. The van der Waals surface area contributed by atoms with E-state index in [1.807, 2.05) is 0 Å². The number of carbonyl (C=O) groups excluding carboxylic acids is 2. The van der Waals surface area contributed by atoms with E-state index in [0.29, 0.717) is 13.0 Å². The van der Waals surface area contributed by atoms with E-state index in [4.69, 9.17) is 4.74 Å². The highest BCUT2D eigenvalue weighted by Crippen LogP contribution is 2.09. The Morgan fingerprint density at radius 3 is 2.59 bits per heavy atom. The first-order valence-electron chi connectivity index (χ1n) is 5.73. The molecule has 0 radical (unpaired) electrons. The fraction of sp³-hybridized carbons (Fsp3) is 0.818. The third kappa shape index (κ3) is 3.67. The molecule has 3 atom stereocenters. The highest BCUT2D eigenvalue weighted by Gasteiger charge is 2.30. The van der Waals surface area contributed by atoms with Crippen molar-refractivity contribution in [1.29, 1.82) is 0 Å². The number of nitrogens with one attached hydrogen (secondary N) is 2. The van der Waals surface area contributed by atoms with Crippen LogP contribution < -0.4 is 10.6 Å². The van der Waals surface area contributed by atoms with Gasteiger partial charge in [0.25, 0.3) is 0 Å². The normalized spacial score (nSPS) is 25.4. The van der Waals surface area contributed by atoms with Gasteiger partial charge in [-0.3, -0.25) is 9.59 Å². The molecule has 0 aliphatic carbocycles. The van der Waals surface area contributed by atoms with Crippen molar-refractivity contribution in [2.75, 3.05) is 27.7 Å². The van der Waals surface area contributed by atoms with Gasteiger partial charge in [-0.15, -0.1) is 0 Å². The van der Waals surface area contributed by atoms with Crippen LogP contribution in [0.25, 0.3) is 0 Å². The predicted octanol–water partition coefficient (Wildman–Crippen LogP) is -1.04. The highest BCUT2D eigenvalue weighted by atomic mass is 16.5. The lowest BCUT2D eigenvalue weighted by Gasteiger charge is -2.19. The lowest BCUT2D eigenvalue weighted by molar-refractivity contribution is -0.134. The summed E-state index contributed by atoms with van der Waals surface area (Å²) in [5, 5.41) is 5.77. The number of hydrogen-bond acceptors (Lipinski definition) is 4. The van der Waals surface area contributed by atoms with Gasteiger partial charge in [-0.05, 0) is 13.3 Å². The third-order valence-corrected chi connectivity index (χ3v) is 2.91. The Bertz CT molecular complexity index is 294. The molecular formula is C11H21N3O3. The van der Waals surface area contributed by atoms with E-state index in [-0.39, 0.29) is 24.0 Å². The van der Waals surface area contributed by atoms with Crippen LogP contribution in [0, 0.1) is 0 Å². The first-order valence-corrected chi connectivity index (χ1v) is 5.73. The van der Waals surface area contributed by atoms with Gasteiger partial charge in [-0.25, -0.2) is 0 Å². The third-order valence-electron chi connectivity index (χ3n) is 2.91. The van der Waals surface area contributed by atoms with Crippen LogP contribution in [0.5, 0.6) is 0 Å². The average Bonchev–Trinajstić information content (AvgIpc) is 2.76. The van der Waals surface area contributed by atoms with E-state index in [1.54, 1.807) is 28.1 Å². The van der Waals surface area contributed by atoms with Gasteiger partial charge in [0.05, 0.1) is 12.1 Å². The lowest BCUT2D eigenvalue weighted by Crippen LogP contribution is -2.49. The number of likely N-dealkylation sites (N-methyl/N-ethyl adjacent to an activating group) is 1. The van der Waals surface area contributed by atoms with Crippen molar-refractivity contribution < 1.29 is 14.3 Å². The number of hydrogen-bond donors (Lipinski definition) is 2. The molecule has 6 heteroatoms. The lowest BCUT2D eigenvalue weighted by atomic mass is 10.1. The van der Waals surface area contributed by atoms with E-state index in [9.17, 15) is 9.59 Å². The molecule has 2 amide bonds. The second-order valence-electron chi connectivity index (χ2n) is 4.52. The van der Waals surface area contributed by atoms with Gasteiger partial charge < -0.3 is 20.3 Å². The fourth-order valence-corrected chi connectivity index (χ4v) is 1.85. The molecule has 1 heterocycles. The minimum absolute atomic E-state index is 0.0746. The molecule has 0 aromatic carbocycles. The molecule has 0 bridgehead atoms. The molecule has 0 aromatic heterocycles. The minimum Gasteiger partial charge on any atom is -0.380 e. The molecule has 2 N–H and O–H groups in total. The molecule has 1 aliphatic rings. The van der Waals surface area contributed by atoms with Gasteiger partial charge in [0, 0.05) is 27.7 Å². The summed E-state index contributed by atoms with van der Waals surface area (Å²) in [7, 11) is 4.96. The number of nitrogens with zero attached hydrogens (tertiary/aromatic N) is 1. The summed E-state index contributed by atoms with van der Waals surface area (Å²) in [6.45, 7) is 2.35. The van der Waals surface area contributed by atoms with Crippen molar-refractivity contribution in [3.63, 3.8) is 0 Å². The van der Waals surface area contributed by atoms with Crippen LogP contribution in [0.1, 0.15) is 13.3 Å². The van der Waals surface area contributed by atoms with E-state index in [0.717, 1.165) is 0 Å². The second kappa shape index (κ2) is 5.97. The Morgan fingerprint density at radius 2 is 2.12 bits per heavy atom. The monoisotopic (exact) mass is 243 g/mol. The quantitative estimate of drug-likeness (QED) is 0.661. The first kappa shape index (κ1) is 13.9. The van der Waals surface area contributed by atoms with E-state index in [2.05, 4.69) is 10.6 Å². The molecule has 0 spiro atoms. The molecule has 0 aromatic rings. The molecular weight excluding hydrogens is 222 g/mol. The molecule has 98 valence electrons. The van der Waals surface area contributed by atoms with Crippen molar-refractivity contribution in [2.45, 2.75) is 31.5 Å². The van der Waals surface area contributed by atoms with Gasteiger partial charge >= 0.3 is 0 Å². The van der Waals surface area contributed by atoms with Crippen LogP contribution in [-0.2, 0) is 14.3 Å². The van der Waals surface area contributed by atoms with Gasteiger partial charge in [-0.1, -0.05) is 0 Å². The zero-order valence-corrected chi connectivity index (χ0v) is 10.8. The maximum atomic E-state index is 11.8. The Morgan fingerprint density at radius 1 is 1.47 bits per heavy atom. The summed E-state index contributed by atoms with van der Waals surface area (Å²) in [4.78, 5) is 24.9. The summed E-state index contributed by atoms with van der Waals surface area (Å²) in [6.07, 6.45) is 0.719. The van der Waals surface area contributed by atoms with E-state index < -0.39 is 6.04 Å². The molecule has 6 nitrogen and oxygen atoms in total. The summed E-state index contributed by atoms with van der Waals surface area (Å²) >= 11 is 0. The molecule has 0 saturated carbocycles. The Hall–Kier alpha value is -1.14. The standard InChI is InChI=1S/C11H21N3O3/c1-7(11(16)14(2)3)13-10(15)9-5-8(17-4)6-12-9/h7-9,12H,5-6H2,1-4H3,(H,13,15). The zero-order chi connectivity index (χ0) is 13.0. The summed E-state index contributed by atoms with van der Waals surface area (Å²) in [5.41, 5.74) is 0. The van der Waals surface area contributed by atoms with E-state index in [1.165, 1.54) is 4.90 Å². The SMILES string of the molecule is COC1CNC(C(=O)NC(C)C(=O)N(C)C)C1. The maximum absolute atomic E-state index is 11.8. The Kier molecular flexibility index (Phi) is 4.89. The fourth-order valence-electron chi connectivity index (χ4n) is 1.85. The van der Waals surface area contributed by atoms with Crippen LogP contribution in [0.4, 0.5) is 0 Å². The van der Waals surface area contributed by atoms with E-state index >= 15 is 0 Å².